The van der Waals surface area contributed by atoms with Gasteiger partial charge < -0.3 is 5.11 Å². The average molecular weight is 219 g/mol. The van der Waals surface area contributed by atoms with Crippen molar-refractivity contribution in [3.05, 3.63) is 30.0 Å². The van der Waals surface area contributed by atoms with Crippen LogP contribution >= 0.6 is 0 Å². The van der Waals surface area contributed by atoms with Crippen LogP contribution in [0.15, 0.2) is 18.5 Å². The van der Waals surface area contributed by atoms with Gasteiger partial charge in [0.2, 0.25) is 0 Å². The SMILES string of the molecule is CC(C)Cc1nc(C(=O)O)c2ncccn12. The van der Waals surface area contributed by atoms with E-state index in [0.717, 1.165) is 12.2 Å². The van der Waals surface area contributed by atoms with Gasteiger partial charge in [0.25, 0.3) is 0 Å². The first-order valence-electron chi connectivity index (χ1n) is 5.15. The van der Waals surface area contributed by atoms with Crippen molar-refractivity contribution in [3.8, 4) is 0 Å². The number of rotatable bonds is 3. The fraction of sp³-hybridized carbons (Fsp3) is 0.364. The minimum absolute atomic E-state index is 0.0243. The maximum atomic E-state index is 11.0. The number of nitrogens with zero attached hydrogens (tertiary/aromatic N) is 3. The van der Waals surface area contributed by atoms with E-state index in [9.17, 15) is 4.79 Å². The lowest BCUT2D eigenvalue weighted by atomic mass is 10.1. The van der Waals surface area contributed by atoms with Crippen LogP contribution in [0.3, 0.4) is 0 Å². The molecule has 2 aromatic rings. The molecule has 2 rings (SSSR count). The van der Waals surface area contributed by atoms with Crippen LogP contribution in [0.2, 0.25) is 0 Å². The van der Waals surface area contributed by atoms with Crippen LogP contribution in [-0.4, -0.2) is 25.4 Å². The van der Waals surface area contributed by atoms with E-state index < -0.39 is 5.97 Å². The van der Waals surface area contributed by atoms with Crippen LogP contribution in [0.5, 0.6) is 0 Å². The number of carbonyl (C=O) groups is 1. The summed E-state index contributed by atoms with van der Waals surface area (Å²) in [5.74, 6) is 0.133. The Hall–Kier alpha value is -1.91. The molecule has 0 amide bonds. The third-order valence-corrected chi connectivity index (χ3v) is 2.27. The molecule has 0 atom stereocenters. The van der Waals surface area contributed by atoms with E-state index in [-0.39, 0.29) is 5.69 Å². The smallest absolute Gasteiger partial charge is 0.358 e. The van der Waals surface area contributed by atoms with Crippen LogP contribution in [0.1, 0.15) is 30.2 Å². The molecule has 1 N–H and O–H groups in total. The van der Waals surface area contributed by atoms with Gasteiger partial charge in [0.1, 0.15) is 5.82 Å². The van der Waals surface area contributed by atoms with Crippen molar-refractivity contribution < 1.29 is 9.90 Å². The lowest BCUT2D eigenvalue weighted by Gasteiger charge is -2.02. The molecule has 0 aliphatic rings. The second-order valence-electron chi connectivity index (χ2n) is 4.09. The highest BCUT2D eigenvalue weighted by Gasteiger charge is 2.17. The van der Waals surface area contributed by atoms with E-state index in [1.165, 1.54) is 0 Å². The summed E-state index contributed by atoms with van der Waals surface area (Å²) in [6, 6.07) is 1.77. The molecule has 16 heavy (non-hydrogen) atoms. The van der Waals surface area contributed by atoms with E-state index in [1.54, 1.807) is 22.9 Å². The summed E-state index contributed by atoms with van der Waals surface area (Å²) in [4.78, 5) is 19.2. The molecule has 2 heterocycles. The van der Waals surface area contributed by atoms with E-state index in [1.807, 2.05) is 0 Å². The van der Waals surface area contributed by atoms with Crippen LogP contribution in [0.25, 0.3) is 5.65 Å². The zero-order chi connectivity index (χ0) is 11.7. The van der Waals surface area contributed by atoms with Crippen molar-refractivity contribution in [2.75, 3.05) is 0 Å². The first-order valence-corrected chi connectivity index (χ1v) is 5.15. The molecular weight excluding hydrogens is 206 g/mol. The Morgan fingerprint density at radius 2 is 2.31 bits per heavy atom. The second kappa shape index (κ2) is 3.92. The van der Waals surface area contributed by atoms with Gasteiger partial charge in [-0.05, 0) is 12.0 Å². The molecule has 2 aromatic heterocycles. The molecule has 0 aliphatic heterocycles. The summed E-state index contributed by atoms with van der Waals surface area (Å²) in [6.07, 6.45) is 4.10. The Kier molecular flexibility index (Phi) is 2.60. The second-order valence-corrected chi connectivity index (χ2v) is 4.09. The predicted octanol–water partition coefficient (Wildman–Crippen LogP) is 1.63. The molecule has 0 unspecified atom stereocenters. The topological polar surface area (TPSA) is 67.5 Å². The molecular formula is C11H13N3O2. The number of hydrogen-bond donors (Lipinski definition) is 1. The number of carboxylic acid groups (broad SMARTS) is 1. The minimum atomic E-state index is -1.04. The Balaban J connectivity index is 2.62. The highest BCUT2D eigenvalue weighted by Crippen LogP contribution is 2.13. The zero-order valence-electron chi connectivity index (χ0n) is 9.21. The summed E-state index contributed by atoms with van der Waals surface area (Å²) in [6.45, 7) is 4.13. The number of carboxylic acids is 1. The normalized spacial score (nSPS) is 11.2. The van der Waals surface area contributed by atoms with E-state index >= 15 is 0 Å². The van der Waals surface area contributed by atoms with E-state index in [2.05, 4.69) is 23.8 Å². The van der Waals surface area contributed by atoms with Crippen molar-refractivity contribution in [3.63, 3.8) is 0 Å². The number of imidazole rings is 1. The Morgan fingerprint density at radius 1 is 1.56 bits per heavy atom. The average Bonchev–Trinajstić information content (AvgIpc) is 2.57. The molecule has 0 fully saturated rings. The lowest BCUT2D eigenvalue weighted by Crippen LogP contribution is -2.00. The molecule has 0 aromatic carbocycles. The third-order valence-electron chi connectivity index (χ3n) is 2.27. The molecule has 0 saturated heterocycles. The summed E-state index contributed by atoms with van der Waals surface area (Å²) in [5.41, 5.74) is 0.432. The highest BCUT2D eigenvalue weighted by molar-refractivity contribution is 5.92. The van der Waals surface area contributed by atoms with Gasteiger partial charge in [-0.2, -0.15) is 0 Å². The van der Waals surface area contributed by atoms with Gasteiger partial charge in [0, 0.05) is 18.8 Å². The molecule has 0 radical (unpaired) electrons. The summed E-state index contributed by atoms with van der Waals surface area (Å²) >= 11 is 0. The van der Waals surface area contributed by atoms with Crippen molar-refractivity contribution in [2.45, 2.75) is 20.3 Å². The number of fused-ring (bicyclic) bond motifs is 1. The van der Waals surface area contributed by atoms with Gasteiger partial charge in [0.15, 0.2) is 11.3 Å². The molecule has 0 bridgehead atoms. The van der Waals surface area contributed by atoms with E-state index in [4.69, 9.17) is 5.11 Å². The predicted molar refractivity (Wildman–Crippen MR) is 58.5 cm³/mol. The van der Waals surface area contributed by atoms with Crippen LogP contribution < -0.4 is 0 Å². The zero-order valence-corrected chi connectivity index (χ0v) is 9.21. The summed E-state index contributed by atoms with van der Waals surface area (Å²) in [5, 5.41) is 9.01. The van der Waals surface area contributed by atoms with Crippen molar-refractivity contribution in [1.29, 1.82) is 0 Å². The van der Waals surface area contributed by atoms with Gasteiger partial charge in [-0.25, -0.2) is 14.8 Å². The third kappa shape index (κ3) is 1.76. The standard InChI is InChI=1S/C11H13N3O2/c1-7(2)6-8-13-9(11(15)16)10-12-4-3-5-14(8)10/h3-5,7H,6H2,1-2H3,(H,15,16). The molecule has 5 heteroatoms. The molecule has 0 aliphatic carbocycles. The summed E-state index contributed by atoms with van der Waals surface area (Å²) < 4.78 is 1.74. The number of aromatic nitrogens is 3. The largest absolute Gasteiger partial charge is 0.476 e. The van der Waals surface area contributed by atoms with Gasteiger partial charge in [-0.1, -0.05) is 13.8 Å². The molecule has 5 nitrogen and oxygen atoms in total. The maximum absolute atomic E-state index is 11.0. The van der Waals surface area contributed by atoms with Gasteiger partial charge in [-0.15, -0.1) is 0 Å². The number of hydrogen-bond acceptors (Lipinski definition) is 3. The van der Waals surface area contributed by atoms with Crippen LogP contribution in [0, 0.1) is 5.92 Å². The molecule has 0 saturated carbocycles. The monoisotopic (exact) mass is 219 g/mol. The van der Waals surface area contributed by atoms with Gasteiger partial charge in [0.05, 0.1) is 0 Å². The lowest BCUT2D eigenvalue weighted by molar-refractivity contribution is 0.0693. The fourth-order valence-electron chi connectivity index (χ4n) is 1.64. The Morgan fingerprint density at radius 3 is 2.94 bits per heavy atom. The number of aromatic carboxylic acids is 1. The van der Waals surface area contributed by atoms with Gasteiger partial charge >= 0.3 is 5.97 Å². The molecule has 84 valence electrons. The van der Waals surface area contributed by atoms with E-state index in [0.29, 0.717) is 11.6 Å². The van der Waals surface area contributed by atoms with Crippen molar-refractivity contribution in [1.82, 2.24) is 14.4 Å². The minimum Gasteiger partial charge on any atom is -0.476 e. The fourth-order valence-corrected chi connectivity index (χ4v) is 1.64. The van der Waals surface area contributed by atoms with Crippen LogP contribution in [-0.2, 0) is 6.42 Å². The molecule has 0 spiro atoms. The Labute approximate surface area is 92.8 Å². The quantitative estimate of drug-likeness (QED) is 0.851. The van der Waals surface area contributed by atoms with Crippen molar-refractivity contribution >= 4 is 11.6 Å². The highest BCUT2D eigenvalue weighted by atomic mass is 16.4. The summed E-state index contributed by atoms with van der Waals surface area (Å²) in [7, 11) is 0. The Bertz CT molecular complexity index is 531. The first kappa shape index (κ1) is 10.6. The van der Waals surface area contributed by atoms with Crippen LogP contribution in [0.4, 0.5) is 0 Å². The first-order chi connectivity index (χ1) is 7.59. The van der Waals surface area contributed by atoms with Crippen molar-refractivity contribution in [2.24, 2.45) is 5.92 Å². The maximum Gasteiger partial charge on any atom is 0.358 e. The van der Waals surface area contributed by atoms with Gasteiger partial charge in [-0.3, -0.25) is 4.40 Å².